The highest BCUT2D eigenvalue weighted by Gasteiger charge is 2.28. The second-order valence-electron chi connectivity index (χ2n) is 6.15. The fourth-order valence-corrected chi connectivity index (χ4v) is 3.95. The van der Waals surface area contributed by atoms with Crippen LogP contribution in [0.4, 0.5) is 11.5 Å². The number of nitrogens with zero attached hydrogens (tertiary/aromatic N) is 4. The average Bonchev–Trinajstić information content (AvgIpc) is 3.25. The van der Waals surface area contributed by atoms with Gasteiger partial charge in [0, 0.05) is 42.5 Å². The molecule has 32 heavy (non-hydrogen) atoms. The number of hydrogen-bond acceptors (Lipinski definition) is 10. The lowest BCUT2D eigenvalue weighted by atomic mass is 10.3. The van der Waals surface area contributed by atoms with Gasteiger partial charge >= 0.3 is 0 Å². The Bertz CT molecular complexity index is 1150. The van der Waals surface area contributed by atoms with Crippen molar-refractivity contribution in [2.45, 2.75) is 5.79 Å². The van der Waals surface area contributed by atoms with E-state index in [1.54, 1.807) is 57.3 Å². The maximum absolute atomic E-state index is 5.44. The third kappa shape index (κ3) is 6.71. The van der Waals surface area contributed by atoms with Gasteiger partial charge < -0.3 is 14.8 Å². The number of hydrogen-bond donors (Lipinski definition) is 1. The van der Waals surface area contributed by atoms with Crippen molar-refractivity contribution in [3.05, 3.63) is 47.4 Å². The van der Waals surface area contributed by atoms with E-state index in [1.165, 1.54) is 9.21 Å². The van der Waals surface area contributed by atoms with Gasteiger partial charge in [0.05, 0.1) is 43.7 Å². The summed E-state index contributed by atoms with van der Waals surface area (Å²) < 4.78 is 17.3. The SMILES string of the molecule is CNc1cnc(C#C/C=C/c2nc3ccc(N=CC(COSI)(OC)OC)cc3s2)cn1. The summed E-state index contributed by atoms with van der Waals surface area (Å²) >= 11 is 3.59. The van der Waals surface area contributed by atoms with Crippen LogP contribution in [-0.2, 0) is 13.7 Å². The molecule has 11 heteroatoms. The normalized spacial score (nSPS) is 11.9. The summed E-state index contributed by atoms with van der Waals surface area (Å²) in [5.41, 5.74) is 2.26. The van der Waals surface area contributed by atoms with E-state index in [2.05, 4.69) is 37.1 Å². The van der Waals surface area contributed by atoms with Crippen LogP contribution in [0.2, 0.25) is 0 Å². The molecule has 2 aromatic heterocycles. The monoisotopic (exact) mass is 581 g/mol. The number of allylic oxidation sites excluding steroid dienone is 1. The summed E-state index contributed by atoms with van der Waals surface area (Å²) in [5.74, 6) is 5.56. The minimum atomic E-state index is -1.05. The van der Waals surface area contributed by atoms with Crippen molar-refractivity contribution in [1.82, 2.24) is 15.0 Å². The minimum Gasteiger partial charge on any atom is -0.372 e. The maximum atomic E-state index is 5.44. The van der Waals surface area contributed by atoms with E-state index in [9.17, 15) is 0 Å². The van der Waals surface area contributed by atoms with Gasteiger partial charge in [-0.05, 0) is 36.3 Å². The van der Waals surface area contributed by atoms with Gasteiger partial charge in [-0.1, -0.05) is 5.92 Å². The highest BCUT2D eigenvalue weighted by atomic mass is 127. The quantitative estimate of drug-likeness (QED) is 0.126. The summed E-state index contributed by atoms with van der Waals surface area (Å²) in [4.78, 5) is 17.5. The van der Waals surface area contributed by atoms with Crippen molar-refractivity contribution < 1.29 is 13.7 Å². The third-order valence-electron chi connectivity index (χ3n) is 4.21. The number of aromatic nitrogens is 3. The minimum absolute atomic E-state index is 0.209. The molecule has 0 saturated heterocycles. The highest BCUT2D eigenvalue weighted by Crippen LogP contribution is 2.28. The van der Waals surface area contributed by atoms with E-state index in [0.717, 1.165) is 20.9 Å². The number of halogens is 1. The molecular weight excluding hydrogens is 561 g/mol. The fourth-order valence-electron chi connectivity index (χ4n) is 2.45. The van der Waals surface area contributed by atoms with Gasteiger partial charge in [-0.15, -0.1) is 11.3 Å². The van der Waals surface area contributed by atoms with Crippen LogP contribution < -0.4 is 5.32 Å². The Kier molecular flexibility index (Phi) is 9.39. The Morgan fingerprint density at radius 2 is 2.12 bits per heavy atom. The zero-order valence-electron chi connectivity index (χ0n) is 17.5. The van der Waals surface area contributed by atoms with Crippen LogP contribution in [0.5, 0.6) is 0 Å². The van der Waals surface area contributed by atoms with E-state index < -0.39 is 5.79 Å². The van der Waals surface area contributed by atoms with Gasteiger partial charge in [0.2, 0.25) is 5.79 Å². The van der Waals surface area contributed by atoms with Gasteiger partial charge in [0.1, 0.15) is 23.1 Å². The molecule has 0 amide bonds. The van der Waals surface area contributed by atoms with Gasteiger partial charge in [0.15, 0.2) is 0 Å². The molecule has 0 atom stereocenters. The van der Waals surface area contributed by atoms with Crippen molar-refractivity contribution in [2.24, 2.45) is 4.99 Å². The molecule has 0 bridgehead atoms. The predicted molar refractivity (Wildman–Crippen MR) is 140 cm³/mol. The molecule has 0 spiro atoms. The summed E-state index contributed by atoms with van der Waals surface area (Å²) in [6.07, 6.45) is 8.49. The summed E-state index contributed by atoms with van der Waals surface area (Å²) in [7, 11) is 6.10. The van der Waals surface area contributed by atoms with Crippen LogP contribution in [0.25, 0.3) is 16.3 Å². The fraction of sp³-hybridized carbons (Fsp3) is 0.238. The van der Waals surface area contributed by atoms with Crippen LogP contribution >= 0.6 is 41.8 Å². The molecular formula is C21H20IN5O3S2. The first-order valence-corrected chi connectivity index (χ1v) is 13.4. The molecule has 2 heterocycles. The number of nitrogens with one attached hydrogen (secondary N) is 1. The number of methoxy groups -OCH3 is 2. The van der Waals surface area contributed by atoms with Crippen molar-refractivity contribution in [1.29, 1.82) is 0 Å². The standard InChI is InChI=1S/C21H20IN5O3S2/c1-23-19-12-24-16(11-25-19)6-4-5-7-20-27-17-9-8-15(10-18(17)31-20)26-13-21(28-2,29-3)14-30-32-22/h5,7-13H,14H2,1-3H3,(H,23,25)/b7-5+,26-13?. The zero-order chi connectivity index (χ0) is 22.8. The van der Waals surface area contributed by atoms with Crippen LogP contribution in [0.15, 0.2) is 41.7 Å². The van der Waals surface area contributed by atoms with Crippen LogP contribution in [0, 0.1) is 11.8 Å². The second-order valence-corrected chi connectivity index (χ2v) is 8.65. The van der Waals surface area contributed by atoms with Gasteiger partial charge in [-0.3, -0.25) is 9.18 Å². The average molecular weight is 581 g/mol. The molecule has 0 fully saturated rings. The third-order valence-corrected chi connectivity index (χ3v) is 6.17. The molecule has 0 aliphatic carbocycles. The van der Waals surface area contributed by atoms with Gasteiger partial charge in [0.25, 0.3) is 0 Å². The van der Waals surface area contributed by atoms with Crippen molar-refractivity contribution >= 4 is 75.8 Å². The zero-order valence-corrected chi connectivity index (χ0v) is 21.3. The number of thiazole rings is 1. The molecule has 1 N–H and O–H groups in total. The van der Waals surface area contributed by atoms with Crippen LogP contribution in [-0.4, -0.2) is 54.8 Å². The van der Waals surface area contributed by atoms with Crippen LogP contribution in [0.1, 0.15) is 10.7 Å². The molecule has 166 valence electrons. The smallest absolute Gasteiger partial charge is 0.230 e. The summed E-state index contributed by atoms with van der Waals surface area (Å²) in [6.45, 7) is 0.209. The number of aliphatic imine (C=N–C) groups is 1. The second kappa shape index (κ2) is 12.2. The lowest BCUT2D eigenvalue weighted by Gasteiger charge is -2.25. The Labute approximate surface area is 206 Å². The molecule has 1 aromatic carbocycles. The molecule has 3 rings (SSSR count). The van der Waals surface area contributed by atoms with E-state index >= 15 is 0 Å². The number of rotatable bonds is 9. The number of fused-ring (bicyclic) bond motifs is 1. The number of benzene rings is 1. The van der Waals surface area contributed by atoms with Gasteiger partial charge in [-0.25, -0.2) is 15.0 Å². The first-order chi connectivity index (χ1) is 15.6. The molecule has 0 saturated carbocycles. The van der Waals surface area contributed by atoms with E-state index in [4.69, 9.17) is 13.7 Å². The molecule has 0 radical (unpaired) electrons. The number of ether oxygens (including phenoxy) is 2. The van der Waals surface area contributed by atoms with E-state index in [-0.39, 0.29) is 6.61 Å². The lowest BCUT2D eigenvalue weighted by molar-refractivity contribution is -0.165. The lowest BCUT2D eigenvalue weighted by Crippen LogP contribution is -2.40. The number of anilines is 1. The first kappa shape index (κ1) is 24.6. The topological polar surface area (TPSA) is 90.8 Å². The Morgan fingerprint density at radius 1 is 1.28 bits per heavy atom. The first-order valence-electron chi connectivity index (χ1n) is 9.25. The van der Waals surface area contributed by atoms with Crippen molar-refractivity contribution in [3.8, 4) is 11.8 Å². The summed E-state index contributed by atoms with van der Waals surface area (Å²) in [6, 6.07) is 5.79. The molecule has 0 aliphatic rings. The molecule has 8 nitrogen and oxygen atoms in total. The van der Waals surface area contributed by atoms with Crippen LogP contribution in [0.3, 0.4) is 0 Å². The van der Waals surface area contributed by atoms with Crippen molar-refractivity contribution in [2.75, 3.05) is 33.2 Å². The molecule has 0 aliphatic heterocycles. The van der Waals surface area contributed by atoms with E-state index in [0.29, 0.717) is 11.5 Å². The Morgan fingerprint density at radius 3 is 2.81 bits per heavy atom. The molecule has 3 aromatic rings. The Balaban J connectivity index is 1.71. The largest absolute Gasteiger partial charge is 0.372 e. The molecule has 0 unspecified atom stereocenters. The highest BCUT2D eigenvalue weighted by molar-refractivity contribution is 14.2. The van der Waals surface area contributed by atoms with Crippen molar-refractivity contribution in [3.63, 3.8) is 0 Å². The predicted octanol–water partition coefficient (Wildman–Crippen LogP) is 4.90. The summed E-state index contributed by atoms with van der Waals surface area (Å²) in [5, 5.41) is 3.77. The Hall–Kier alpha value is -2.08. The van der Waals surface area contributed by atoms with Gasteiger partial charge in [-0.2, -0.15) is 0 Å². The maximum Gasteiger partial charge on any atom is 0.230 e. The van der Waals surface area contributed by atoms with E-state index in [1.807, 2.05) is 45.5 Å².